The first kappa shape index (κ1) is 18.0. The maximum atomic E-state index is 5.69. The van der Waals surface area contributed by atoms with Gasteiger partial charge >= 0.3 is 0 Å². The van der Waals surface area contributed by atoms with Crippen molar-refractivity contribution in [3.8, 4) is 5.75 Å². The van der Waals surface area contributed by atoms with E-state index in [1.54, 1.807) is 18.4 Å². The third-order valence-electron chi connectivity index (χ3n) is 4.00. The van der Waals surface area contributed by atoms with Crippen LogP contribution in [-0.2, 0) is 13.1 Å². The van der Waals surface area contributed by atoms with Crippen molar-refractivity contribution in [3.63, 3.8) is 0 Å². The molecule has 126 valence electrons. The third-order valence-corrected chi connectivity index (χ3v) is 4.81. The highest BCUT2D eigenvalue weighted by atomic mass is 35.5. The van der Waals surface area contributed by atoms with E-state index >= 15 is 0 Å². The van der Waals surface area contributed by atoms with Crippen LogP contribution >= 0.6 is 23.7 Å². The van der Waals surface area contributed by atoms with Crippen LogP contribution in [0.25, 0.3) is 0 Å². The van der Waals surface area contributed by atoms with Crippen molar-refractivity contribution >= 4 is 28.9 Å². The molecule has 23 heavy (non-hydrogen) atoms. The third kappa shape index (κ3) is 4.81. The predicted molar refractivity (Wildman–Crippen MR) is 97.3 cm³/mol. The van der Waals surface area contributed by atoms with Crippen LogP contribution < -0.4 is 10.5 Å². The number of nitrogens with zero attached hydrogens (tertiary/aromatic N) is 3. The van der Waals surface area contributed by atoms with Crippen LogP contribution in [0.2, 0.25) is 0 Å². The lowest BCUT2D eigenvalue weighted by Gasteiger charge is -2.34. The molecule has 1 aliphatic rings. The first-order valence-corrected chi connectivity index (χ1v) is 8.33. The van der Waals surface area contributed by atoms with Gasteiger partial charge in [-0.2, -0.15) is 0 Å². The highest BCUT2D eigenvalue weighted by molar-refractivity contribution is 7.15. The van der Waals surface area contributed by atoms with Gasteiger partial charge in [0.15, 0.2) is 5.13 Å². The molecule has 1 aromatic heterocycles. The monoisotopic (exact) mass is 354 g/mol. The van der Waals surface area contributed by atoms with E-state index in [0.29, 0.717) is 5.13 Å². The topological polar surface area (TPSA) is 54.6 Å². The highest BCUT2D eigenvalue weighted by Crippen LogP contribution is 2.21. The number of piperazine rings is 1. The van der Waals surface area contributed by atoms with Crippen LogP contribution in [0, 0.1) is 0 Å². The zero-order valence-corrected chi connectivity index (χ0v) is 14.9. The van der Waals surface area contributed by atoms with Gasteiger partial charge in [0, 0.05) is 55.9 Å². The minimum atomic E-state index is 0. The number of nitrogen functional groups attached to an aromatic ring is 1. The van der Waals surface area contributed by atoms with Gasteiger partial charge in [0.1, 0.15) is 5.75 Å². The number of thiazole rings is 1. The van der Waals surface area contributed by atoms with Gasteiger partial charge in [-0.1, -0.05) is 18.2 Å². The predicted octanol–water partition coefficient (Wildman–Crippen LogP) is 2.47. The quantitative estimate of drug-likeness (QED) is 0.894. The largest absolute Gasteiger partial charge is 0.496 e. The Morgan fingerprint density at radius 1 is 1.13 bits per heavy atom. The van der Waals surface area contributed by atoms with Gasteiger partial charge in [0.25, 0.3) is 0 Å². The van der Waals surface area contributed by atoms with Crippen molar-refractivity contribution in [3.05, 3.63) is 40.9 Å². The summed E-state index contributed by atoms with van der Waals surface area (Å²) in [5.41, 5.74) is 6.95. The molecule has 0 aliphatic carbocycles. The minimum absolute atomic E-state index is 0. The summed E-state index contributed by atoms with van der Waals surface area (Å²) in [5, 5.41) is 0.657. The molecule has 5 nitrogen and oxygen atoms in total. The highest BCUT2D eigenvalue weighted by Gasteiger charge is 2.18. The van der Waals surface area contributed by atoms with Gasteiger partial charge in [-0.15, -0.1) is 23.7 Å². The lowest BCUT2D eigenvalue weighted by Crippen LogP contribution is -2.45. The van der Waals surface area contributed by atoms with Gasteiger partial charge < -0.3 is 10.5 Å². The number of nitrogens with two attached hydrogens (primary N) is 1. The van der Waals surface area contributed by atoms with Crippen LogP contribution in [0.3, 0.4) is 0 Å². The second-order valence-electron chi connectivity index (χ2n) is 5.53. The van der Waals surface area contributed by atoms with E-state index in [2.05, 4.69) is 26.9 Å². The number of aromatic nitrogens is 1. The van der Waals surface area contributed by atoms with E-state index in [1.165, 1.54) is 10.4 Å². The molecule has 0 atom stereocenters. The molecule has 2 aromatic rings. The summed E-state index contributed by atoms with van der Waals surface area (Å²) in [6.07, 6.45) is 1.89. The van der Waals surface area contributed by atoms with Gasteiger partial charge in [0.05, 0.1) is 7.11 Å². The SMILES string of the molecule is COc1ccccc1CN1CCN(Cc2cnc(N)s2)CC1.Cl. The second-order valence-corrected chi connectivity index (χ2v) is 6.68. The Labute approximate surface area is 147 Å². The fourth-order valence-corrected chi connectivity index (χ4v) is 3.52. The molecule has 0 spiro atoms. The molecule has 3 rings (SSSR count). The van der Waals surface area contributed by atoms with Crippen molar-refractivity contribution in [1.82, 2.24) is 14.8 Å². The van der Waals surface area contributed by atoms with Crippen LogP contribution in [-0.4, -0.2) is 48.1 Å². The van der Waals surface area contributed by atoms with Gasteiger partial charge in [-0.3, -0.25) is 9.80 Å². The summed E-state index contributed by atoms with van der Waals surface area (Å²) in [5.74, 6) is 0.977. The molecule has 0 amide bonds. The molecule has 0 saturated carbocycles. The summed E-state index contributed by atoms with van der Waals surface area (Å²) in [7, 11) is 1.73. The molecule has 7 heteroatoms. The Morgan fingerprint density at radius 2 is 1.78 bits per heavy atom. The Hall–Kier alpha value is -1.34. The van der Waals surface area contributed by atoms with E-state index in [-0.39, 0.29) is 12.4 Å². The van der Waals surface area contributed by atoms with Crippen molar-refractivity contribution in [2.24, 2.45) is 0 Å². The van der Waals surface area contributed by atoms with E-state index in [4.69, 9.17) is 10.5 Å². The average molecular weight is 355 g/mol. The molecule has 0 radical (unpaired) electrons. The number of methoxy groups -OCH3 is 1. The smallest absolute Gasteiger partial charge is 0.180 e. The first-order chi connectivity index (χ1) is 10.7. The Kier molecular flexibility index (Phi) is 6.65. The van der Waals surface area contributed by atoms with Crippen molar-refractivity contribution in [1.29, 1.82) is 0 Å². The van der Waals surface area contributed by atoms with Crippen LogP contribution in [0.4, 0.5) is 5.13 Å². The van der Waals surface area contributed by atoms with E-state index in [9.17, 15) is 0 Å². The van der Waals surface area contributed by atoms with Crippen molar-refractivity contribution in [2.45, 2.75) is 13.1 Å². The maximum absolute atomic E-state index is 5.69. The summed E-state index contributed by atoms with van der Waals surface area (Å²) < 4.78 is 5.43. The van der Waals surface area contributed by atoms with Gasteiger partial charge in [-0.05, 0) is 6.07 Å². The lowest BCUT2D eigenvalue weighted by molar-refractivity contribution is 0.122. The number of halogens is 1. The second kappa shape index (κ2) is 8.49. The number of anilines is 1. The molecule has 1 fully saturated rings. The molecule has 0 unspecified atom stereocenters. The Balaban J connectivity index is 0.00000192. The normalized spacial score (nSPS) is 16.0. The minimum Gasteiger partial charge on any atom is -0.496 e. The number of benzene rings is 1. The zero-order valence-electron chi connectivity index (χ0n) is 13.3. The molecular weight excluding hydrogens is 332 g/mol. The summed E-state index contributed by atoms with van der Waals surface area (Å²) in [6.45, 7) is 6.21. The standard InChI is InChI=1S/C16H22N4OS.ClH/c1-21-15-5-3-2-4-13(15)11-19-6-8-20(9-7-19)12-14-10-18-16(17)22-14;/h2-5,10H,6-9,11-12H2,1H3,(H2,17,18);1H. The molecule has 2 heterocycles. The molecular formula is C16H23ClN4OS. The van der Waals surface area contributed by atoms with Gasteiger partial charge in [-0.25, -0.2) is 4.98 Å². The number of para-hydroxylation sites is 1. The van der Waals surface area contributed by atoms with Crippen molar-refractivity contribution in [2.75, 3.05) is 39.0 Å². The van der Waals surface area contributed by atoms with Gasteiger partial charge in [0.2, 0.25) is 0 Å². The van der Waals surface area contributed by atoms with Crippen LogP contribution in [0.1, 0.15) is 10.4 Å². The Morgan fingerprint density at radius 3 is 2.39 bits per heavy atom. The number of rotatable bonds is 5. The Bertz CT molecular complexity index is 614. The molecule has 1 aliphatic heterocycles. The number of hydrogen-bond acceptors (Lipinski definition) is 6. The zero-order chi connectivity index (χ0) is 15.4. The van der Waals surface area contributed by atoms with Crippen LogP contribution in [0.15, 0.2) is 30.5 Å². The fourth-order valence-electron chi connectivity index (χ4n) is 2.80. The summed E-state index contributed by atoms with van der Waals surface area (Å²) in [6, 6.07) is 8.26. The van der Waals surface area contributed by atoms with E-state index < -0.39 is 0 Å². The molecule has 2 N–H and O–H groups in total. The van der Waals surface area contributed by atoms with E-state index in [0.717, 1.165) is 45.0 Å². The fraction of sp³-hybridized carbons (Fsp3) is 0.438. The maximum Gasteiger partial charge on any atom is 0.180 e. The van der Waals surface area contributed by atoms with Crippen molar-refractivity contribution < 1.29 is 4.74 Å². The number of ether oxygens (including phenoxy) is 1. The summed E-state index contributed by atoms with van der Waals surface area (Å²) in [4.78, 5) is 10.3. The number of hydrogen-bond donors (Lipinski definition) is 1. The van der Waals surface area contributed by atoms with Crippen LogP contribution in [0.5, 0.6) is 5.75 Å². The first-order valence-electron chi connectivity index (χ1n) is 7.51. The molecule has 1 saturated heterocycles. The van der Waals surface area contributed by atoms with E-state index in [1.807, 2.05) is 18.3 Å². The lowest BCUT2D eigenvalue weighted by atomic mass is 10.1. The average Bonchev–Trinajstić information content (AvgIpc) is 2.95. The summed E-state index contributed by atoms with van der Waals surface area (Å²) >= 11 is 1.58. The molecule has 0 bridgehead atoms. The molecule has 1 aromatic carbocycles.